The highest BCUT2D eigenvalue weighted by atomic mass is 19.1. The maximum absolute atomic E-state index is 12.9. The van der Waals surface area contributed by atoms with Crippen molar-refractivity contribution in [2.24, 2.45) is 11.7 Å². The van der Waals surface area contributed by atoms with Gasteiger partial charge >= 0.3 is 0 Å². The molecule has 1 rings (SSSR count). The number of ether oxygens (including phenoxy) is 1. The molecule has 15 heavy (non-hydrogen) atoms. The van der Waals surface area contributed by atoms with E-state index in [9.17, 15) is 4.39 Å². The summed E-state index contributed by atoms with van der Waals surface area (Å²) in [5.74, 6) is 0.840. The van der Waals surface area contributed by atoms with Gasteiger partial charge in [-0.25, -0.2) is 4.39 Å². The van der Waals surface area contributed by atoms with Gasteiger partial charge in [0.25, 0.3) is 0 Å². The monoisotopic (exact) mass is 211 g/mol. The molecule has 0 saturated heterocycles. The van der Waals surface area contributed by atoms with Crippen molar-refractivity contribution in [3.05, 3.63) is 29.6 Å². The molecule has 0 aliphatic heterocycles. The molecule has 1 atom stereocenters. The Balaban J connectivity index is 2.55. The predicted molar refractivity (Wildman–Crippen MR) is 59.4 cm³/mol. The van der Waals surface area contributed by atoms with E-state index in [1.807, 2.05) is 13.8 Å². The largest absolute Gasteiger partial charge is 0.492 e. The lowest BCUT2D eigenvalue weighted by Gasteiger charge is -2.16. The first-order chi connectivity index (χ1) is 7.00. The molecule has 1 unspecified atom stereocenters. The number of hydrogen-bond donors (Lipinski definition) is 1. The van der Waals surface area contributed by atoms with Crippen molar-refractivity contribution in [1.29, 1.82) is 0 Å². The van der Waals surface area contributed by atoms with Gasteiger partial charge in [-0.1, -0.05) is 13.8 Å². The molecule has 0 heterocycles. The molecule has 2 nitrogen and oxygen atoms in total. The summed E-state index contributed by atoms with van der Waals surface area (Å²) in [6.45, 7) is 6.27. The fraction of sp³-hybridized carbons (Fsp3) is 0.500. The zero-order chi connectivity index (χ0) is 11.4. The average molecular weight is 211 g/mol. The number of nitrogens with two attached hydrogens (primary N) is 1. The van der Waals surface area contributed by atoms with Crippen molar-refractivity contribution >= 4 is 0 Å². The van der Waals surface area contributed by atoms with Crippen LogP contribution in [0.2, 0.25) is 0 Å². The van der Waals surface area contributed by atoms with Gasteiger partial charge in [-0.15, -0.1) is 0 Å². The van der Waals surface area contributed by atoms with Crippen LogP contribution < -0.4 is 10.5 Å². The zero-order valence-electron chi connectivity index (χ0n) is 9.46. The highest BCUT2D eigenvalue weighted by molar-refractivity contribution is 5.28. The van der Waals surface area contributed by atoms with Crippen molar-refractivity contribution < 1.29 is 9.13 Å². The summed E-state index contributed by atoms with van der Waals surface area (Å²) < 4.78 is 18.4. The molecule has 84 valence electrons. The van der Waals surface area contributed by atoms with E-state index in [0.717, 1.165) is 0 Å². The second kappa shape index (κ2) is 5.12. The van der Waals surface area contributed by atoms with E-state index in [0.29, 0.717) is 23.8 Å². The Morgan fingerprint density at radius 3 is 2.60 bits per heavy atom. The molecule has 0 saturated carbocycles. The van der Waals surface area contributed by atoms with E-state index in [2.05, 4.69) is 0 Å². The first kappa shape index (κ1) is 12.0. The highest BCUT2D eigenvalue weighted by Crippen LogP contribution is 2.16. The Bertz CT molecular complexity index is 325. The lowest BCUT2D eigenvalue weighted by molar-refractivity contribution is 0.259. The summed E-state index contributed by atoms with van der Waals surface area (Å²) in [5, 5.41) is 0. The molecule has 0 bridgehead atoms. The van der Waals surface area contributed by atoms with Crippen LogP contribution in [0.4, 0.5) is 4.39 Å². The minimum absolute atomic E-state index is 0.00959. The topological polar surface area (TPSA) is 35.2 Å². The third-order valence-corrected chi connectivity index (χ3v) is 2.43. The third kappa shape index (κ3) is 3.51. The van der Waals surface area contributed by atoms with Crippen LogP contribution >= 0.6 is 0 Å². The van der Waals surface area contributed by atoms with Gasteiger partial charge in [0.15, 0.2) is 0 Å². The first-order valence-electron chi connectivity index (χ1n) is 5.15. The van der Waals surface area contributed by atoms with Gasteiger partial charge in [0, 0.05) is 6.04 Å². The molecule has 0 fully saturated rings. The smallest absolute Gasteiger partial charge is 0.126 e. The van der Waals surface area contributed by atoms with E-state index in [4.69, 9.17) is 10.5 Å². The Labute approximate surface area is 90.2 Å². The molecular weight excluding hydrogens is 193 g/mol. The molecule has 0 radical (unpaired) electrons. The molecule has 0 aromatic heterocycles. The maximum Gasteiger partial charge on any atom is 0.126 e. The molecule has 1 aromatic carbocycles. The normalized spacial score (nSPS) is 12.9. The molecule has 3 heteroatoms. The number of rotatable bonds is 4. The van der Waals surface area contributed by atoms with Gasteiger partial charge in [0.2, 0.25) is 0 Å². The van der Waals surface area contributed by atoms with Crippen LogP contribution in [0.1, 0.15) is 19.4 Å². The summed E-state index contributed by atoms with van der Waals surface area (Å²) in [5.41, 5.74) is 6.42. The summed E-state index contributed by atoms with van der Waals surface area (Å²) in [4.78, 5) is 0. The van der Waals surface area contributed by atoms with Crippen LogP contribution in [-0.2, 0) is 0 Å². The van der Waals surface area contributed by atoms with Gasteiger partial charge in [-0.2, -0.15) is 0 Å². The van der Waals surface area contributed by atoms with E-state index < -0.39 is 0 Å². The van der Waals surface area contributed by atoms with Crippen LogP contribution in [0.25, 0.3) is 0 Å². The summed E-state index contributed by atoms with van der Waals surface area (Å²) in [6, 6.07) is 4.72. The Morgan fingerprint density at radius 1 is 1.40 bits per heavy atom. The average Bonchev–Trinajstić information content (AvgIpc) is 2.19. The standard InChI is InChI=1S/C12H18FNO/c1-8(2)12(14)7-15-10-4-5-11(13)9(3)6-10/h4-6,8,12H,7,14H2,1-3H3. The minimum Gasteiger partial charge on any atom is -0.492 e. The second-order valence-electron chi connectivity index (χ2n) is 4.13. The lowest BCUT2D eigenvalue weighted by atomic mass is 10.1. The van der Waals surface area contributed by atoms with Crippen LogP contribution in [0, 0.1) is 18.7 Å². The Hall–Kier alpha value is -1.09. The van der Waals surface area contributed by atoms with Gasteiger partial charge in [-0.3, -0.25) is 0 Å². The lowest BCUT2D eigenvalue weighted by Crippen LogP contribution is -2.33. The molecule has 0 aliphatic rings. The minimum atomic E-state index is -0.212. The molecule has 1 aromatic rings. The van der Waals surface area contributed by atoms with E-state index in [1.165, 1.54) is 6.07 Å². The number of aryl methyl sites for hydroxylation is 1. The zero-order valence-corrected chi connectivity index (χ0v) is 9.46. The Morgan fingerprint density at radius 2 is 2.07 bits per heavy atom. The molecule has 0 spiro atoms. The van der Waals surface area contributed by atoms with Crippen LogP contribution in [-0.4, -0.2) is 12.6 Å². The third-order valence-electron chi connectivity index (χ3n) is 2.43. The summed E-state index contributed by atoms with van der Waals surface area (Å²) in [6.07, 6.45) is 0. The van der Waals surface area contributed by atoms with Gasteiger partial charge in [0.05, 0.1) is 0 Å². The van der Waals surface area contributed by atoms with E-state index in [1.54, 1.807) is 19.1 Å². The van der Waals surface area contributed by atoms with Crippen LogP contribution in [0.3, 0.4) is 0 Å². The molecular formula is C12H18FNO. The maximum atomic E-state index is 12.9. The quantitative estimate of drug-likeness (QED) is 0.830. The van der Waals surface area contributed by atoms with Crippen LogP contribution in [0.5, 0.6) is 5.75 Å². The molecule has 2 N–H and O–H groups in total. The molecule has 0 amide bonds. The van der Waals surface area contributed by atoms with Gasteiger partial charge in [0.1, 0.15) is 18.2 Å². The number of benzene rings is 1. The fourth-order valence-corrected chi connectivity index (χ4v) is 1.09. The van der Waals surface area contributed by atoms with Gasteiger partial charge in [-0.05, 0) is 36.6 Å². The van der Waals surface area contributed by atoms with Gasteiger partial charge < -0.3 is 10.5 Å². The second-order valence-corrected chi connectivity index (χ2v) is 4.13. The SMILES string of the molecule is Cc1cc(OCC(N)C(C)C)ccc1F. The van der Waals surface area contributed by atoms with Crippen molar-refractivity contribution in [3.63, 3.8) is 0 Å². The Kier molecular flexibility index (Phi) is 4.09. The number of halogens is 1. The summed E-state index contributed by atoms with van der Waals surface area (Å²) in [7, 11) is 0. The van der Waals surface area contributed by atoms with E-state index >= 15 is 0 Å². The van der Waals surface area contributed by atoms with Crippen molar-refractivity contribution in [1.82, 2.24) is 0 Å². The number of hydrogen-bond acceptors (Lipinski definition) is 2. The van der Waals surface area contributed by atoms with Crippen molar-refractivity contribution in [2.45, 2.75) is 26.8 Å². The van der Waals surface area contributed by atoms with E-state index in [-0.39, 0.29) is 11.9 Å². The van der Waals surface area contributed by atoms with Crippen molar-refractivity contribution in [3.8, 4) is 5.75 Å². The predicted octanol–water partition coefficient (Wildman–Crippen LogP) is 2.50. The first-order valence-corrected chi connectivity index (χ1v) is 5.15. The summed E-state index contributed by atoms with van der Waals surface area (Å²) >= 11 is 0. The van der Waals surface area contributed by atoms with Crippen LogP contribution in [0.15, 0.2) is 18.2 Å². The fourth-order valence-electron chi connectivity index (χ4n) is 1.09. The van der Waals surface area contributed by atoms with Crippen molar-refractivity contribution in [2.75, 3.05) is 6.61 Å². The molecule has 0 aliphatic carbocycles. The highest BCUT2D eigenvalue weighted by Gasteiger charge is 2.08.